The first-order valence-corrected chi connectivity index (χ1v) is 6.90. The Labute approximate surface area is 115 Å². The third-order valence-electron chi connectivity index (χ3n) is 3.61. The molecule has 0 radical (unpaired) electrons. The van der Waals surface area contributed by atoms with Gasteiger partial charge in [-0.2, -0.15) is 5.10 Å². The number of nitrogens with zero attached hydrogens (tertiary/aromatic N) is 2. The largest absolute Gasteiger partial charge is 0.493 e. The molecular weight excluding hydrogens is 236 g/mol. The van der Waals surface area contributed by atoms with E-state index >= 15 is 0 Å². The van der Waals surface area contributed by atoms with Crippen molar-refractivity contribution in [3.05, 3.63) is 47.8 Å². The van der Waals surface area contributed by atoms with Gasteiger partial charge in [-0.1, -0.05) is 26.0 Å². The Kier molecular flexibility index (Phi) is 4.61. The van der Waals surface area contributed by atoms with Crippen LogP contribution >= 0.6 is 0 Å². The van der Waals surface area contributed by atoms with Crippen molar-refractivity contribution < 1.29 is 4.74 Å². The van der Waals surface area contributed by atoms with Gasteiger partial charge < -0.3 is 4.74 Å². The molecule has 1 aromatic heterocycles. The summed E-state index contributed by atoms with van der Waals surface area (Å²) in [5.74, 6) is 1.55. The summed E-state index contributed by atoms with van der Waals surface area (Å²) < 4.78 is 7.65. The van der Waals surface area contributed by atoms with Gasteiger partial charge in [0.2, 0.25) is 0 Å². The molecule has 0 saturated heterocycles. The van der Waals surface area contributed by atoms with Crippen LogP contribution in [-0.2, 0) is 13.5 Å². The summed E-state index contributed by atoms with van der Waals surface area (Å²) in [7, 11) is 1.95. The van der Waals surface area contributed by atoms with Crippen LogP contribution < -0.4 is 4.74 Å². The standard InChI is InChI=1S/C16H22N2O/c1-4-13(2)14-5-7-16(8-6-14)19-12-10-15-9-11-17-18(15)3/h5-9,11,13H,4,10,12H2,1-3H3. The van der Waals surface area contributed by atoms with Crippen molar-refractivity contribution in [3.63, 3.8) is 0 Å². The van der Waals surface area contributed by atoms with Crippen molar-refractivity contribution in [2.24, 2.45) is 7.05 Å². The predicted octanol–water partition coefficient (Wildman–Crippen LogP) is 3.56. The highest BCUT2D eigenvalue weighted by atomic mass is 16.5. The maximum Gasteiger partial charge on any atom is 0.119 e. The van der Waals surface area contributed by atoms with E-state index in [1.807, 2.05) is 24.0 Å². The van der Waals surface area contributed by atoms with Gasteiger partial charge in [0.15, 0.2) is 0 Å². The second kappa shape index (κ2) is 6.41. The summed E-state index contributed by atoms with van der Waals surface area (Å²) in [6.07, 6.45) is 3.86. The average molecular weight is 258 g/mol. The van der Waals surface area contributed by atoms with E-state index in [4.69, 9.17) is 4.74 Å². The van der Waals surface area contributed by atoms with Crippen LogP contribution in [0.2, 0.25) is 0 Å². The maximum absolute atomic E-state index is 5.76. The molecule has 1 aromatic carbocycles. The summed E-state index contributed by atoms with van der Waals surface area (Å²) in [6, 6.07) is 10.5. The van der Waals surface area contributed by atoms with Gasteiger partial charge in [0.1, 0.15) is 5.75 Å². The van der Waals surface area contributed by atoms with Gasteiger partial charge in [-0.05, 0) is 36.1 Å². The quantitative estimate of drug-likeness (QED) is 0.792. The number of hydrogen-bond acceptors (Lipinski definition) is 2. The molecule has 0 aliphatic rings. The Morgan fingerprint density at radius 2 is 1.95 bits per heavy atom. The van der Waals surface area contributed by atoms with Gasteiger partial charge in [-0.3, -0.25) is 4.68 Å². The fourth-order valence-corrected chi connectivity index (χ4v) is 2.05. The molecule has 0 aliphatic carbocycles. The molecule has 2 rings (SSSR count). The zero-order chi connectivity index (χ0) is 13.7. The normalized spacial score (nSPS) is 12.4. The Bertz CT molecular complexity index is 502. The second-order valence-corrected chi connectivity index (χ2v) is 4.92. The van der Waals surface area contributed by atoms with E-state index in [9.17, 15) is 0 Å². The zero-order valence-electron chi connectivity index (χ0n) is 12.0. The lowest BCUT2D eigenvalue weighted by Gasteiger charge is -2.10. The summed E-state index contributed by atoms with van der Waals surface area (Å²) in [6.45, 7) is 5.14. The van der Waals surface area contributed by atoms with Gasteiger partial charge in [0.25, 0.3) is 0 Å². The molecule has 0 bridgehead atoms. The Hall–Kier alpha value is -1.77. The lowest BCUT2D eigenvalue weighted by atomic mass is 9.99. The Balaban J connectivity index is 1.85. The average Bonchev–Trinajstić information content (AvgIpc) is 2.84. The first-order valence-electron chi connectivity index (χ1n) is 6.90. The number of aryl methyl sites for hydroxylation is 1. The van der Waals surface area contributed by atoms with Crippen molar-refractivity contribution in [2.45, 2.75) is 32.6 Å². The van der Waals surface area contributed by atoms with Crippen molar-refractivity contribution in [1.82, 2.24) is 9.78 Å². The van der Waals surface area contributed by atoms with Crippen LogP contribution in [0.25, 0.3) is 0 Å². The third-order valence-corrected chi connectivity index (χ3v) is 3.61. The van der Waals surface area contributed by atoms with Gasteiger partial charge in [0, 0.05) is 25.4 Å². The highest BCUT2D eigenvalue weighted by Gasteiger charge is 2.03. The van der Waals surface area contributed by atoms with Crippen LogP contribution in [0.15, 0.2) is 36.5 Å². The maximum atomic E-state index is 5.76. The molecule has 0 aliphatic heterocycles. The van der Waals surface area contributed by atoms with E-state index in [0.717, 1.165) is 12.2 Å². The van der Waals surface area contributed by atoms with Crippen LogP contribution in [0.4, 0.5) is 0 Å². The molecule has 2 aromatic rings. The number of benzene rings is 1. The smallest absolute Gasteiger partial charge is 0.119 e. The highest BCUT2D eigenvalue weighted by molar-refractivity contribution is 5.29. The molecule has 19 heavy (non-hydrogen) atoms. The third kappa shape index (κ3) is 3.60. The van der Waals surface area contributed by atoms with Gasteiger partial charge in [-0.15, -0.1) is 0 Å². The first-order chi connectivity index (χ1) is 9.20. The Morgan fingerprint density at radius 1 is 1.21 bits per heavy atom. The van der Waals surface area contributed by atoms with Crippen LogP contribution in [0.3, 0.4) is 0 Å². The molecule has 0 fully saturated rings. The van der Waals surface area contributed by atoms with Crippen molar-refractivity contribution in [2.75, 3.05) is 6.61 Å². The summed E-state index contributed by atoms with van der Waals surface area (Å²) >= 11 is 0. The van der Waals surface area contributed by atoms with Crippen molar-refractivity contribution in [3.8, 4) is 5.75 Å². The summed E-state index contributed by atoms with van der Waals surface area (Å²) in [4.78, 5) is 0. The van der Waals surface area contributed by atoms with E-state index in [-0.39, 0.29) is 0 Å². The number of aromatic nitrogens is 2. The number of hydrogen-bond donors (Lipinski definition) is 0. The van der Waals surface area contributed by atoms with Gasteiger partial charge in [-0.25, -0.2) is 0 Å². The van der Waals surface area contributed by atoms with Gasteiger partial charge in [0.05, 0.1) is 6.61 Å². The fraction of sp³-hybridized carbons (Fsp3) is 0.438. The fourth-order valence-electron chi connectivity index (χ4n) is 2.05. The molecule has 102 valence electrons. The number of rotatable bonds is 6. The van der Waals surface area contributed by atoms with Crippen molar-refractivity contribution >= 4 is 0 Å². The summed E-state index contributed by atoms with van der Waals surface area (Å²) in [5, 5.41) is 4.14. The minimum atomic E-state index is 0.614. The van der Waals surface area contributed by atoms with Crippen LogP contribution in [0, 0.1) is 0 Å². The highest BCUT2D eigenvalue weighted by Crippen LogP contribution is 2.21. The molecule has 0 N–H and O–H groups in total. The first kappa shape index (κ1) is 13.7. The summed E-state index contributed by atoms with van der Waals surface area (Å²) in [5.41, 5.74) is 2.57. The van der Waals surface area contributed by atoms with Crippen LogP contribution in [0.1, 0.15) is 37.4 Å². The van der Waals surface area contributed by atoms with Crippen LogP contribution in [-0.4, -0.2) is 16.4 Å². The van der Waals surface area contributed by atoms with E-state index in [2.05, 4.69) is 43.2 Å². The lowest BCUT2D eigenvalue weighted by molar-refractivity contribution is 0.318. The molecular formula is C16H22N2O. The molecule has 0 spiro atoms. The minimum Gasteiger partial charge on any atom is -0.493 e. The molecule has 3 nitrogen and oxygen atoms in total. The predicted molar refractivity (Wildman–Crippen MR) is 77.6 cm³/mol. The molecule has 1 atom stereocenters. The monoisotopic (exact) mass is 258 g/mol. The second-order valence-electron chi connectivity index (χ2n) is 4.92. The lowest BCUT2D eigenvalue weighted by Crippen LogP contribution is -2.06. The van der Waals surface area contributed by atoms with E-state index in [0.29, 0.717) is 12.5 Å². The molecule has 0 saturated carbocycles. The van der Waals surface area contributed by atoms with Crippen LogP contribution in [0.5, 0.6) is 5.75 Å². The Morgan fingerprint density at radius 3 is 2.53 bits per heavy atom. The minimum absolute atomic E-state index is 0.614. The van der Waals surface area contributed by atoms with E-state index in [1.165, 1.54) is 17.7 Å². The van der Waals surface area contributed by atoms with E-state index in [1.54, 1.807) is 0 Å². The van der Waals surface area contributed by atoms with Crippen molar-refractivity contribution in [1.29, 1.82) is 0 Å². The molecule has 3 heteroatoms. The molecule has 1 heterocycles. The molecule has 1 unspecified atom stereocenters. The zero-order valence-corrected chi connectivity index (χ0v) is 12.0. The molecule has 0 amide bonds. The topological polar surface area (TPSA) is 27.1 Å². The van der Waals surface area contributed by atoms with Gasteiger partial charge >= 0.3 is 0 Å². The SMILES string of the molecule is CCC(C)c1ccc(OCCc2ccnn2C)cc1. The number of ether oxygens (including phenoxy) is 1. The van der Waals surface area contributed by atoms with E-state index < -0.39 is 0 Å².